The van der Waals surface area contributed by atoms with Crippen LogP contribution in [0.5, 0.6) is 5.75 Å². The number of unbranched alkanes of at least 4 members (excludes halogenated alkanes) is 1. The molecule has 1 aromatic rings. The first kappa shape index (κ1) is 11.2. The van der Waals surface area contributed by atoms with E-state index in [-0.39, 0.29) is 0 Å². The van der Waals surface area contributed by atoms with E-state index in [1.54, 1.807) is 7.11 Å². The Kier molecular flexibility index (Phi) is 3.60. The molecule has 0 heterocycles. The summed E-state index contributed by atoms with van der Waals surface area (Å²) in [6.07, 6.45) is 4.61. The highest BCUT2D eigenvalue weighted by Crippen LogP contribution is 2.26. The molecule has 0 fully saturated rings. The van der Waals surface area contributed by atoms with Gasteiger partial charge in [-0.25, -0.2) is 0 Å². The number of benzene rings is 1. The van der Waals surface area contributed by atoms with Crippen LogP contribution in [0.3, 0.4) is 0 Å². The minimum Gasteiger partial charge on any atom is -0.497 e. The van der Waals surface area contributed by atoms with E-state index >= 15 is 0 Å². The van der Waals surface area contributed by atoms with Crippen molar-refractivity contribution in [3.05, 3.63) is 29.3 Å². The number of methoxy groups -OCH3 is 1. The second-order valence-corrected chi connectivity index (χ2v) is 4.21. The van der Waals surface area contributed by atoms with Crippen LogP contribution in [0.4, 0.5) is 0 Å². The summed E-state index contributed by atoms with van der Waals surface area (Å²) in [5.74, 6) is 0.934. The molecule has 0 N–H and O–H groups in total. The average molecular weight is 217 g/mol. The third-order valence-electron chi connectivity index (χ3n) is 3.07. The van der Waals surface area contributed by atoms with Crippen molar-refractivity contribution in [1.82, 2.24) is 0 Å². The summed E-state index contributed by atoms with van der Waals surface area (Å²) >= 11 is 0. The Morgan fingerprint density at radius 2 is 2.19 bits per heavy atom. The van der Waals surface area contributed by atoms with Gasteiger partial charge in [-0.2, -0.15) is 0 Å². The van der Waals surface area contributed by atoms with Crippen molar-refractivity contribution < 1.29 is 4.74 Å². The molecule has 2 rings (SSSR count). The lowest BCUT2D eigenvalue weighted by Crippen LogP contribution is -1.97. The van der Waals surface area contributed by atoms with Crippen LogP contribution < -0.4 is 4.74 Å². The van der Waals surface area contributed by atoms with Crippen LogP contribution in [0.15, 0.2) is 23.2 Å². The van der Waals surface area contributed by atoms with Crippen LogP contribution in [0.2, 0.25) is 0 Å². The Morgan fingerprint density at radius 3 is 2.94 bits per heavy atom. The second-order valence-electron chi connectivity index (χ2n) is 4.21. The quantitative estimate of drug-likeness (QED) is 0.709. The molecular formula is C14H19NO. The molecule has 1 aliphatic carbocycles. The van der Waals surface area contributed by atoms with Gasteiger partial charge in [0.2, 0.25) is 0 Å². The predicted octanol–water partition coefficient (Wildman–Crippen LogP) is 3.23. The highest BCUT2D eigenvalue weighted by atomic mass is 16.5. The maximum Gasteiger partial charge on any atom is 0.119 e. The standard InChI is InChI=1S/C14H19NO/c1-3-4-9-15-14-8-6-11-5-7-12(16-2)10-13(11)14/h5,7,10H,3-4,6,8-9H2,1-2H3/b15-14+. The molecule has 0 amide bonds. The summed E-state index contributed by atoms with van der Waals surface area (Å²) in [4.78, 5) is 4.69. The Balaban J connectivity index is 2.20. The number of fused-ring (bicyclic) bond motifs is 1. The molecule has 1 aliphatic rings. The van der Waals surface area contributed by atoms with Crippen LogP contribution in [-0.2, 0) is 6.42 Å². The first-order valence-corrected chi connectivity index (χ1v) is 6.05. The largest absolute Gasteiger partial charge is 0.497 e. The molecule has 0 unspecified atom stereocenters. The second kappa shape index (κ2) is 5.15. The first-order valence-electron chi connectivity index (χ1n) is 6.05. The number of nitrogens with zero attached hydrogens (tertiary/aromatic N) is 1. The topological polar surface area (TPSA) is 21.6 Å². The fourth-order valence-electron chi connectivity index (χ4n) is 2.09. The van der Waals surface area contributed by atoms with E-state index < -0.39 is 0 Å². The first-order chi connectivity index (χ1) is 7.85. The molecule has 0 bridgehead atoms. The summed E-state index contributed by atoms with van der Waals surface area (Å²) in [5, 5.41) is 0. The number of rotatable bonds is 4. The average Bonchev–Trinajstić information content (AvgIpc) is 2.72. The van der Waals surface area contributed by atoms with E-state index in [2.05, 4.69) is 19.1 Å². The Morgan fingerprint density at radius 1 is 1.31 bits per heavy atom. The molecule has 0 spiro atoms. The van der Waals surface area contributed by atoms with Crippen LogP contribution in [-0.4, -0.2) is 19.4 Å². The summed E-state index contributed by atoms with van der Waals surface area (Å²) in [5.41, 5.74) is 3.98. The Labute approximate surface area is 97.4 Å². The number of aryl methyl sites for hydroxylation is 1. The summed E-state index contributed by atoms with van der Waals surface area (Å²) in [6, 6.07) is 6.32. The number of hydrogen-bond donors (Lipinski definition) is 0. The molecule has 86 valence electrons. The van der Waals surface area contributed by atoms with Gasteiger partial charge in [0.15, 0.2) is 0 Å². The van der Waals surface area contributed by atoms with Crippen molar-refractivity contribution in [3.8, 4) is 5.75 Å². The minimum absolute atomic E-state index is 0.934. The van der Waals surface area contributed by atoms with Gasteiger partial charge >= 0.3 is 0 Å². The zero-order chi connectivity index (χ0) is 11.4. The lowest BCUT2D eigenvalue weighted by Gasteiger charge is -2.04. The lowest BCUT2D eigenvalue weighted by atomic mass is 10.1. The van der Waals surface area contributed by atoms with Crippen molar-refractivity contribution >= 4 is 5.71 Å². The molecule has 1 aromatic carbocycles. The maximum absolute atomic E-state index is 5.26. The van der Waals surface area contributed by atoms with Crippen molar-refractivity contribution in [2.24, 2.45) is 4.99 Å². The van der Waals surface area contributed by atoms with Gasteiger partial charge in [-0.15, -0.1) is 0 Å². The van der Waals surface area contributed by atoms with E-state index in [0.29, 0.717) is 0 Å². The zero-order valence-corrected chi connectivity index (χ0v) is 10.1. The van der Waals surface area contributed by atoms with E-state index in [0.717, 1.165) is 25.1 Å². The van der Waals surface area contributed by atoms with Gasteiger partial charge < -0.3 is 4.74 Å². The highest BCUT2D eigenvalue weighted by molar-refractivity contribution is 6.04. The van der Waals surface area contributed by atoms with Crippen molar-refractivity contribution in [2.45, 2.75) is 32.6 Å². The lowest BCUT2D eigenvalue weighted by molar-refractivity contribution is 0.414. The van der Waals surface area contributed by atoms with E-state index in [9.17, 15) is 0 Å². The Bertz CT molecular complexity index is 396. The van der Waals surface area contributed by atoms with Crippen LogP contribution >= 0.6 is 0 Å². The van der Waals surface area contributed by atoms with Gasteiger partial charge in [0.1, 0.15) is 5.75 Å². The molecule has 2 nitrogen and oxygen atoms in total. The van der Waals surface area contributed by atoms with Gasteiger partial charge in [-0.05, 0) is 37.0 Å². The molecule has 0 saturated heterocycles. The smallest absolute Gasteiger partial charge is 0.119 e. The highest BCUT2D eigenvalue weighted by Gasteiger charge is 2.17. The van der Waals surface area contributed by atoms with E-state index in [4.69, 9.17) is 9.73 Å². The van der Waals surface area contributed by atoms with Gasteiger partial charge in [0, 0.05) is 17.8 Å². The number of aliphatic imine (C=N–C) groups is 1. The third kappa shape index (κ3) is 2.26. The van der Waals surface area contributed by atoms with Crippen LogP contribution in [0.1, 0.15) is 37.3 Å². The number of ether oxygens (including phenoxy) is 1. The molecule has 0 aromatic heterocycles. The van der Waals surface area contributed by atoms with Crippen LogP contribution in [0.25, 0.3) is 0 Å². The molecule has 0 aliphatic heterocycles. The predicted molar refractivity (Wildman–Crippen MR) is 67.6 cm³/mol. The molecule has 2 heteroatoms. The maximum atomic E-state index is 5.26. The normalized spacial score (nSPS) is 16.5. The minimum atomic E-state index is 0.934. The van der Waals surface area contributed by atoms with Crippen molar-refractivity contribution in [3.63, 3.8) is 0 Å². The Hall–Kier alpha value is -1.31. The van der Waals surface area contributed by atoms with Gasteiger partial charge in [-0.1, -0.05) is 19.4 Å². The monoisotopic (exact) mass is 217 g/mol. The van der Waals surface area contributed by atoms with Crippen molar-refractivity contribution in [1.29, 1.82) is 0 Å². The molecule has 0 radical (unpaired) electrons. The number of hydrogen-bond acceptors (Lipinski definition) is 2. The van der Waals surface area contributed by atoms with Gasteiger partial charge in [0.25, 0.3) is 0 Å². The van der Waals surface area contributed by atoms with E-state index in [1.807, 2.05) is 6.07 Å². The molecule has 0 atom stereocenters. The van der Waals surface area contributed by atoms with Crippen LogP contribution in [0, 0.1) is 0 Å². The van der Waals surface area contributed by atoms with Gasteiger partial charge in [0.05, 0.1) is 7.11 Å². The SMILES string of the molecule is CCCC/N=C1\CCc2ccc(OC)cc21. The molecule has 0 saturated carbocycles. The summed E-state index contributed by atoms with van der Waals surface area (Å²) in [6.45, 7) is 3.16. The fourth-order valence-corrected chi connectivity index (χ4v) is 2.09. The fraction of sp³-hybridized carbons (Fsp3) is 0.500. The van der Waals surface area contributed by atoms with Gasteiger partial charge in [-0.3, -0.25) is 4.99 Å². The molecular weight excluding hydrogens is 198 g/mol. The third-order valence-corrected chi connectivity index (χ3v) is 3.07. The van der Waals surface area contributed by atoms with Crippen molar-refractivity contribution in [2.75, 3.05) is 13.7 Å². The van der Waals surface area contributed by atoms with E-state index in [1.165, 1.54) is 29.7 Å². The summed E-state index contributed by atoms with van der Waals surface area (Å²) in [7, 11) is 1.71. The summed E-state index contributed by atoms with van der Waals surface area (Å²) < 4.78 is 5.26. The zero-order valence-electron chi connectivity index (χ0n) is 10.1. The molecule has 16 heavy (non-hydrogen) atoms.